The fraction of sp³-hybridized carbons (Fsp3) is 0.381. The number of piperazine rings is 1. The van der Waals surface area contributed by atoms with Crippen molar-refractivity contribution in [1.29, 1.82) is 0 Å². The van der Waals surface area contributed by atoms with Gasteiger partial charge in [-0.2, -0.15) is 14.9 Å². The van der Waals surface area contributed by atoms with E-state index in [4.69, 9.17) is 21.4 Å². The van der Waals surface area contributed by atoms with Gasteiger partial charge in [0.2, 0.25) is 4.77 Å². The Bertz CT molecular complexity index is 1240. The summed E-state index contributed by atoms with van der Waals surface area (Å²) in [5.74, 6) is 1.85. The van der Waals surface area contributed by atoms with Crippen LogP contribution in [0.1, 0.15) is 11.6 Å². The Morgan fingerprint density at radius 2 is 2.03 bits per heavy atom. The van der Waals surface area contributed by atoms with Gasteiger partial charge in [0.1, 0.15) is 17.3 Å². The Morgan fingerprint density at radius 3 is 2.73 bits per heavy atom. The monoisotopic (exact) mass is 471 g/mol. The Hall–Kier alpha value is -3.35. The fourth-order valence-corrected chi connectivity index (χ4v) is 3.87. The molecule has 1 aliphatic rings. The van der Waals surface area contributed by atoms with Crippen LogP contribution in [0.4, 0.5) is 5.69 Å². The van der Waals surface area contributed by atoms with Gasteiger partial charge in [0.05, 0.1) is 36.5 Å². The van der Waals surface area contributed by atoms with Gasteiger partial charge in [-0.3, -0.25) is 15.0 Å². The Morgan fingerprint density at radius 1 is 1.27 bits per heavy atom. The van der Waals surface area contributed by atoms with E-state index >= 15 is 0 Å². The SMILES string of the molecule is COc1ccc(-c2ccc(/C=N/n3c(C)nn(CN4CCN(C)CC4)c3=S)o2)c([N+](=O)[O-])c1. The summed E-state index contributed by atoms with van der Waals surface area (Å²) < 4.78 is 14.7. The van der Waals surface area contributed by atoms with Crippen LogP contribution in [-0.4, -0.2) is 75.7 Å². The molecular formula is C21H25N7O4S. The van der Waals surface area contributed by atoms with Gasteiger partial charge in [-0.05, 0) is 50.5 Å². The van der Waals surface area contributed by atoms with Gasteiger partial charge in [-0.1, -0.05) is 0 Å². The van der Waals surface area contributed by atoms with Gasteiger partial charge in [0.25, 0.3) is 5.69 Å². The number of nitro groups is 1. The van der Waals surface area contributed by atoms with Crippen molar-refractivity contribution in [3.05, 3.63) is 56.8 Å². The third-order valence-electron chi connectivity index (χ3n) is 5.50. The molecule has 3 aromatic rings. The van der Waals surface area contributed by atoms with Crippen LogP contribution in [0.15, 0.2) is 39.9 Å². The minimum Gasteiger partial charge on any atom is -0.497 e. The second kappa shape index (κ2) is 9.65. The molecule has 0 aliphatic carbocycles. The number of nitro benzene ring substituents is 1. The first-order valence-electron chi connectivity index (χ1n) is 10.4. The first-order valence-corrected chi connectivity index (χ1v) is 10.8. The van der Waals surface area contributed by atoms with Gasteiger partial charge in [0, 0.05) is 26.2 Å². The maximum absolute atomic E-state index is 11.5. The van der Waals surface area contributed by atoms with Gasteiger partial charge in [0.15, 0.2) is 5.82 Å². The molecule has 0 bridgehead atoms. The van der Waals surface area contributed by atoms with Gasteiger partial charge in [-0.15, -0.1) is 0 Å². The van der Waals surface area contributed by atoms with Crippen LogP contribution in [0, 0.1) is 21.8 Å². The number of hydrogen-bond acceptors (Lipinski definition) is 9. The van der Waals surface area contributed by atoms with Crippen LogP contribution >= 0.6 is 12.2 Å². The molecule has 0 saturated carbocycles. The molecule has 1 saturated heterocycles. The average molecular weight is 472 g/mol. The molecule has 0 radical (unpaired) electrons. The highest BCUT2D eigenvalue weighted by Gasteiger charge is 2.19. The molecule has 0 atom stereocenters. The van der Waals surface area contributed by atoms with E-state index < -0.39 is 4.92 Å². The highest BCUT2D eigenvalue weighted by molar-refractivity contribution is 7.71. The zero-order valence-corrected chi connectivity index (χ0v) is 19.5. The van der Waals surface area contributed by atoms with Crippen molar-refractivity contribution in [2.45, 2.75) is 13.6 Å². The molecular weight excluding hydrogens is 446 g/mol. The van der Waals surface area contributed by atoms with E-state index in [0.29, 0.717) is 40.1 Å². The molecule has 33 heavy (non-hydrogen) atoms. The molecule has 12 heteroatoms. The van der Waals surface area contributed by atoms with Crippen molar-refractivity contribution in [3.63, 3.8) is 0 Å². The molecule has 0 spiro atoms. The van der Waals surface area contributed by atoms with E-state index in [2.05, 4.69) is 27.0 Å². The number of hydrogen-bond donors (Lipinski definition) is 0. The van der Waals surface area contributed by atoms with Crippen LogP contribution in [0.25, 0.3) is 11.3 Å². The molecule has 3 heterocycles. The second-order valence-electron chi connectivity index (χ2n) is 7.79. The Labute approximate surface area is 195 Å². The number of aromatic nitrogens is 3. The molecule has 0 unspecified atom stereocenters. The van der Waals surface area contributed by atoms with E-state index in [1.165, 1.54) is 19.4 Å². The highest BCUT2D eigenvalue weighted by Crippen LogP contribution is 2.33. The second-order valence-corrected chi connectivity index (χ2v) is 8.16. The average Bonchev–Trinajstić information content (AvgIpc) is 3.38. The molecule has 1 fully saturated rings. The summed E-state index contributed by atoms with van der Waals surface area (Å²) in [5.41, 5.74) is 0.253. The summed E-state index contributed by atoms with van der Waals surface area (Å²) in [7, 11) is 3.57. The lowest BCUT2D eigenvalue weighted by molar-refractivity contribution is -0.384. The van der Waals surface area contributed by atoms with Gasteiger partial charge in [-0.25, -0.2) is 4.68 Å². The number of benzene rings is 1. The molecule has 0 amide bonds. The fourth-order valence-electron chi connectivity index (χ4n) is 3.59. The predicted octanol–water partition coefficient (Wildman–Crippen LogP) is 2.99. The lowest BCUT2D eigenvalue weighted by Crippen LogP contribution is -2.45. The maximum atomic E-state index is 11.5. The largest absolute Gasteiger partial charge is 0.497 e. The number of ether oxygens (including phenoxy) is 1. The van der Waals surface area contributed by atoms with Crippen LogP contribution in [0.2, 0.25) is 0 Å². The van der Waals surface area contributed by atoms with Crippen molar-refractivity contribution in [3.8, 4) is 17.1 Å². The number of likely N-dealkylation sites (N-methyl/N-ethyl adjacent to an activating group) is 1. The van der Waals surface area contributed by atoms with Crippen molar-refractivity contribution >= 4 is 24.1 Å². The maximum Gasteiger partial charge on any atom is 0.284 e. The minimum absolute atomic E-state index is 0.101. The topological polar surface area (TPSA) is 107 Å². The Balaban J connectivity index is 1.53. The van der Waals surface area contributed by atoms with Crippen molar-refractivity contribution in [2.75, 3.05) is 40.3 Å². The van der Waals surface area contributed by atoms with E-state index in [9.17, 15) is 10.1 Å². The Kier molecular flexibility index (Phi) is 6.67. The normalized spacial score (nSPS) is 15.4. The van der Waals surface area contributed by atoms with Crippen molar-refractivity contribution in [2.24, 2.45) is 5.10 Å². The quantitative estimate of drug-likeness (QED) is 0.224. The molecule has 11 nitrogen and oxygen atoms in total. The lowest BCUT2D eigenvalue weighted by Gasteiger charge is -2.31. The third kappa shape index (κ3) is 5.02. The van der Waals surface area contributed by atoms with Gasteiger partial charge >= 0.3 is 0 Å². The number of aryl methyl sites for hydroxylation is 1. The van der Waals surface area contributed by atoms with Crippen LogP contribution < -0.4 is 4.74 Å². The van der Waals surface area contributed by atoms with Crippen LogP contribution in [0.5, 0.6) is 5.75 Å². The van der Waals surface area contributed by atoms with Crippen molar-refractivity contribution in [1.82, 2.24) is 24.3 Å². The minimum atomic E-state index is -0.467. The van der Waals surface area contributed by atoms with E-state index in [1.807, 2.05) is 6.92 Å². The van der Waals surface area contributed by atoms with E-state index in [0.717, 1.165) is 26.2 Å². The first-order chi connectivity index (χ1) is 15.9. The summed E-state index contributed by atoms with van der Waals surface area (Å²) in [6.07, 6.45) is 1.52. The summed E-state index contributed by atoms with van der Waals surface area (Å²) >= 11 is 5.57. The standard InChI is InChI=1S/C21H25N7O4S/c1-15-23-26(14-25-10-8-24(2)9-11-25)21(33)27(15)22-13-17-5-7-20(32-17)18-6-4-16(31-3)12-19(18)28(29)30/h4-7,12-13H,8-11,14H2,1-3H3/b22-13+. The number of methoxy groups -OCH3 is 1. The van der Waals surface area contributed by atoms with E-state index in [1.54, 1.807) is 33.6 Å². The first kappa shape index (κ1) is 22.8. The number of nitrogens with zero attached hydrogens (tertiary/aromatic N) is 7. The van der Waals surface area contributed by atoms with Crippen molar-refractivity contribution < 1.29 is 14.1 Å². The summed E-state index contributed by atoms with van der Waals surface area (Å²) in [6, 6.07) is 7.97. The number of rotatable bonds is 7. The van der Waals surface area contributed by atoms with E-state index in [-0.39, 0.29) is 5.69 Å². The zero-order chi connectivity index (χ0) is 23.5. The molecule has 2 aromatic heterocycles. The smallest absolute Gasteiger partial charge is 0.284 e. The predicted molar refractivity (Wildman–Crippen MR) is 125 cm³/mol. The lowest BCUT2D eigenvalue weighted by atomic mass is 10.1. The molecule has 0 N–H and O–H groups in total. The number of furan rings is 1. The zero-order valence-electron chi connectivity index (χ0n) is 18.7. The highest BCUT2D eigenvalue weighted by atomic mass is 32.1. The summed E-state index contributed by atoms with van der Waals surface area (Å²) in [5, 5.41) is 20.4. The molecule has 174 valence electrons. The molecule has 4 rings (SSSR count). The summed E-state index contributed by atoms with van der Waals surface area (Å²) in [4.78, 5) is 15.6. The summed E-state index contributed by atoms with van der Waals surface area (Å²) in [6.45, 7) is 6.39. The van der Waals surface area contributed by atoms with Crippen LogP contribution in [-0.2, 0) is 6.67 Å². The van der Waals surface area contributed by atoms with Crippen LogP contribution in [0.3, 0.4) is 0 Å². The molecule has 1 aromatic carbocycles. The van der Waals surface area contributed by atoms with Gasteiger partial charge < -0.3 is 14.1 Å². The molecule has 1 aliphatic heterocycles. The third-order valence-corrected chi connectivity index (χ3v) is 5.88.